The predicted molar refractivity (Wildman–Crippen MR) is 77.5 cm³/mol. The number of alkyl halides is 31. The molecule has 0 fully saturated rings. The fourth-order valence-corrected chi connectivity index (χ4v) is 2.54. The maximum Gasteiger partial charge on any atom is 0.460 e. The lowest BCUT2D eigenvalue weighted by atomic mass is 9.83. The van der Waals surface area contributed by atoms with Gasteiger partial charge in [-0.05, 0) is 0 Å². The van der Waals surface area contributed by atoms with Crippen molar-refractivity contribution in [2.75, 3.05) is 0 Å². The molecule has 0 aliphatic carbocycles. The monoisotopic (exact) mass is 786 g/mol. The van der Waals surface area contributed by atoms with Crippen LogP contribution in [0.1, 0.15) is 0 Å². The van der Waals surface area contributed by atoms with Gasteiger partial charge in [0.2, 0.25) is 0 Å². The Kier molecular flexibility index (Phi) is 9.91. The summed E-state index contributed by atoms with van der Waals surface area (Å²) >= 11 is 0. The van der Waals surface area contributed by atoms with E-state index in [4.69, 9.17) is 5.11 Å². The second-order valence-electron chi connectivity index (χ2n) is 8.51. The average molecular weight is 786 g/mol. The van der Waals surface area contributed by atoms with Crippen LogP contribution in [0, 0.1) is 0 Å². The molecule has 0 aliphatic rings. The maximum atomic E-state index is 13.6. The first-order valence-electron chi connectivity index (χ1n) is 9.58. The van der Waals surface area contributed by atoms with E-state index in [-0.39, 0.29) is 0 Å². The highest BCUT2D eigenvalue weighted by atomic mass is 19.4. The molecule has 0 saturated heterocycles. The normalized spacial score (nSPS) is 18.4. The van der Waals surface area contributed by atoms with Gasteiger partial charge in [0.1, 0.15) is 0 Å². The minimum absolute atomic E-state index is 7.79. The molecule has 0 amide bonds. The lowest BCUT2D eigenvalue weighted by Gasteiger charge is -2.46. The van der Waals surface area contributed by atoms with Crippen LogP contribution in [0.5, 0.6) is 0 Å². The minimum atomic E-state index is -10.1. The van der Waals surface area contributed by atoms with Crippen LogP contribution in [0.15, 0.2) is 0 Å². The van der Waals surface area contributed by atoms with Crippen molar-refractivity contribution in [2.45, 2.75) is 89.3 Å². The van der Waals surface area contributed by atoms with E-state index in [9.17, 15) is 136 Å². The number of rotatable bonds is 12. The van der Waals surface area contributed by atoms with Crippen molar-refractivity contribution in [1.82, 2.24) is 0 Å². The highest BCUT2D eigenvalue weighted by Gasteiger charge is 3.01. The highest BCUT2D eigenvalue weighted by Crippen LogP contribution is 2.69. The third kappa shape index (κ3) is 4.99. The summed E-state index contributed by atoms with van der Waals surface area (Å²) in [6.07, 6.45) is -16.5. The Morgan fingerprint density at radius 1 is 0.170 bits per heavy atom. The van der Waals surface area contributed by atoms with Crippen LogP contribution in [0.3, 0.4) is 0 Å². The molecule has 0 bridgehead atoms. The van der Waals surface area contributed by atoms with Crippen LogP contribution in [0.4, 0.5) is 136 Å². The molecule has 0 aromatic rings. The zero-order valence-corrected chi connectivity index (χ0v) is 19.7. The fraction of sp³-hybridized carbons (Fsp3) is 1.00. The third-order valence-corrected chi connectivity index (χ3v) is 5.49. The van der Waals surface area contributed by atoms with E-state index in [0.717, 1.165) is 0 Å². The molecule has 0 radical (unpaired) electrons. The van der Waals surface area contributed by atoms with Crippen molar-refractivity contribution in [3.8, 4) is 0 Å². The molecule has 0 aliphatic heterocycles. The van der Waals surface area contributed by atoms with Gasteiger partial charge in [0.25, 0.3) is 0 Å². The molecular formula is C15HF31O. The Bertz CT molecular complexity index is 1060. The fourth-order valence-electron chi connectivity index (χ4n) is 2.54. The molecule has 1 nitrogen and oxygen atoms in total. The van der Waals surface area contributed by atoms with Crippen molar-refractivity contribution >= 4 is 0 Å². The zero-order chi connectivity index (χ0) is 39.5. The van der Waals surface area contributed by atoms with Gasteiger partial charge in [0.05, 0.1) is 0 Å². The maximum absolute atomic E-state index is 13.6. The van der Waals surface area contributed by atoms with E-state index in [1.165, 1.54) is 0 Å². The van der Waals surface area contributed by atoms with Gasteiger partial charge in [-0.15, -0.1) is 0 Å². The second kappa shape index (κ2) is 10.4. The van der Waals surface area contributed by atoms with E-state index in [1.807, 2.05) is 0 Å². The first-order valence-corrected chi connectivity index (χ1v) is 9.58. The Balaban J connectivity index is 7.61. The van der Waals surface area contributed by atoms with Gasteiger partial charge in [-0.25, -0.2) is 0 Å². The number of halogens is 31. The molecule has 0 aromatic heterocycles. The van der Waals surface area contributed by atoms with Crippen LogP contribution in [0.25, 0.3) is 0 Å². The summed E-state index contributed by atoms with van der Waals surface area (Å²) in [5, 5.41) is 7.79. The second-order valence-corrected chi connectivity index (χ2v) is 8.51. The molecule has 32 heteroatoms. The van der Waals surface area contributed by atoms with Crippen molar-refractivity contribution in [1.29, 1.82) is 0 Å². The zero-order valence-electron chi connectivity index (χ0n) is 19.7. The van der Waals surface area contributed by atoms with Gasteiger partial charge in [0.15, 0.2) is 0 Å². The first kappa shape index (κ1) is 44.8. The van der Waals surface area contributed by atoms with Gasteiger partial charge in [-0.1, -0.05) is 0 Å². The smallest absolute Gasteiger partial charge is 0.350 e. The lowest BCUT2D eigenvalue weighted by Crippen LogP contribution is -2.79. The predicted octanol–water partition coefficient (Wildman–Crippen LogP) is 9.39. The molecule has 0 spiro atoms. The van der Waals surface area contributed by atoms with Crippen LogP contribution >= 0.6 is 0 Å². The van der Waals surface area contributed by atoms with Crippen LogP contribution < -0.4 is 0 Å². The standard InChI is InChI=1S/C15HF31O/c16-1(17,2(18,19)4(22,23)6(26,27)8(30,31)10(34,35)12(38,39)14(41,42)43)3(20,21)5(24,25)7(28,29)9(32,33)11(36,37)13(40,47)15(44,45)46/h47H. The topological polar surface area (TPSA) is 20.2 Å². The molecule has 0 saturated carbocycles. The summed E-state index contributed by atoms with van der Waals surface area (Å²) in [5.41, 5.74) is 0. The summed E-state index contributed by atoms with van der Waals surface area (Å²) in [6.45, 7) is 0. The minimum Gasteiger partial charge on any atom is -0.350 e. The van der Waals surface area contributed by atoms with Crippen molar-refractivity contribution in [2.24, 2.45) is 0 Å². The quantitative estimate of drug-likeness (QED) is 0.196. The number of aliphatic hydroxyl groups is 1. The molecule has 0 rings (SSSR count). The third-order valence-electron chi connectivity index (χ3n) is 5.49. The van der Waals surface area contributed by atoms with Gasteiger partial charge in [-0.3, -0.25) is 0 Å². The lowest BCUT2D eigenvalue weighted by molar-refractivity contribution is -0.494. The van der Waals surface area contributed by atoms with Gasteiger partial charge in [0, 0.05) is 0 Å². The van der Waals surface area contributed by atoms with E-state index in [1.54, 1.807) is 0 Å². The Hall–Kier alpha value is -2.21. The molecule has 1 unspecified atom stereocenters. The first-order chi connectivity index (χ1) is 19.5. The van der Waals surface area contributed by atoms with E-state index >= 15 is 0 Å². The molecule has 47 heavy (non-hydrogen) atoms. The Morgan fingerprint density at radius 2 is 0.298 bits per heavy atom. The van der Waals surface area contributed by atoms with E-state index < -0.39 is 89.3 Å². The molecule has 0 heterocycles. The van der Waals surface area contributed by atoms with Crippen LogP contribution in [-0.2, 0) is 0 Å². The van der Waals surface area contributed by atoms with E-state index in [0.29, 0.717) is 0 Å². The highest BCUT2D eigenvalue weighted by molar-refractivity contribution is 5.21. The summed E-state index contributed by atoms with van der Waals surface area (Å²) in [4.78, 5) is 0. The SMILES string of the molecule is OC(F)(C(F)(F)F)C(F)(F)C(F)(F)C(F)(F)C(F)(F)C(F)(F)C(F)(F)C(F)(F)C(F)(F)C(F)(F)C(F)(F)C(F)(F)C(F)(F)C(F)(F)F. The van der Waals surface area contributed by atoms with Gasteiger partial charge in [-0.2, -0.15) is 136 Å². The average Bonchev–Trinajstić information content (AvgIpc) is 2.80. The van der Waals surface area contributed by atoms with Crippen LogP contribution in [0.2, 0.25) is 0 Å². The number of hydrogen-bond acceptors (Lipinski definition) is 1. The summed E-state index contributed by atoms with van der Waals surface area (Å²) in [6, 6.07) is 0. The largest absolute Gasteiger partial charge is 0.460 e. The molecular weight excluding hydrogens is 785 g/mol. The van der Waals surface area contributed by atoms with E-state index in [2.05, 4.69) is 0 Å². The molecule has 1 atom stereocenters. The van der Waals surface area contributed by atoms with Gasteiger partial charge >= 0.3 is 89.3 Å². The summed E-state index contributed by atoms with van der Waals surface area (Å²) in [5.74, 6) is -125. The van der Waals surface area contributed by atoms with Crippen molar-refractivity contribution in [3.63, 3.8) is 0 Å². The van der Waals surface area contributed by atoms with Crippen molar-refractivity contribution in [3.05, 3.63) is 0 Å². The summed E-state index contributed by atoms with van der Waals surface area (Å²) < 4.78 is 406. The van der Waals surface area contributed by atoms with Crippen LogP contribution in [-0.4, -0.2) is 94.4 Å². The Morgan fingerprint density at radius 3 is 0.426 bits per heavy atom. The number of hydrogen-bond donors (Lipinski definition) is 1. The van der Waals surface area contributed by atoms with Crippen molar-refractivity contribution < 1.29 is 141 Å². The molecule has 284 valence electrons. The Labute approximate surface area is 232 Å². The van der Waals surface area contributed by atoms with Gasteiger partial charge < -0.3 is 5.11 Å². The summed E-state index contributed by atoms with van der Waals surface area (Å²) in [7, 11) is 0. The molecule has 1 N–H and O–H groups in total. The molecule has 0 aromatic carbocycles.